The summed E-state index contributed by atoms with van der Waals surface area (Å²) >= 11 is 0. The number of aromatic amines is 1. The van der Waals surface area contributed by atoms with E-state index < -0.39 is 17.4 Å². The summed E-state index contributed by atoms with van der Waals surface area (Å²) in [5, 5.41) is 0.699. The number of rotatable bonds is 2. The number of fused-ring (bicyclic) bond motifs is 1. The van der Waals surface area contributed by atoms with E-state index in [9.17, 15) is 13.6 Å². The van der Waals surface area contributed by atoms with E-state index in [-0.39, 0.29) is 11.3 Å². The number of ketones is 1. The third-order valence-electron chi connectivity index (χ3n) is 3.47. The standard InChI is InChI=1S/C16H12F2N2O/c1-8-3-2-4-13-14(8)11(7-20-13)16(21)10-5-9(17)6-12(19)15(10)18/h2-7,20H,19H2,1H3. The molecular weight excluding hydrogens is 274 g/mol. The monoisotopic (exact) mass is 286 g/mol. The molecule has 21 heavy (non-hydrogen) atoms. The largest absolute Gasteiger partial charge is 0.396 e. The molecule has 1 aromatic heterocycles. The maximum atomic E-state index is 14.0. The molecule has 3 rings (SSSR count). The van der Waals surface area contributed by atoms with Crippen LogP contribution in [0.25, 0.3) is 10.9 Å². The number of carbonyl (C=O) groups excluding carboxylic acids is 1. The highest BCUT2D eigenvalue weighted by Crippen LogP contribution is 2.27. The predicted molar refractivity (Wildman–Crippen MR) is 77.2 cm³/mol. The van der Waals surface area contributed by atoms with Crippen LogP contribution in [0.3, 0.4) is 0 Å². The minimum Gasteiger partial charge on any atom is -0.396 e. The van der Waals surface area contributed by atoms with Crippen molar-refractivity contribution in [1.29, 1.82) is 0 Å². The number of hydrogen-bond acceptors (Lipinski definition) is 2. The Labute approximate surface area is 119 Å². The molecule has 0 saturated heterocycles. The van der Waals surface area contributed by atoms with E-state index in [0.29, 0.717) is 10.9 Å². The summed E-state index contributed by atoms with van der Waals surface area (Å²) in [6, 6.07) is 7.24. The van der Waals surface area contributed by atoms with Crippen LogP contribution in [0.15, 0.2) is 36.5 Å². The molecule has 3 nitrogen and oxygen atoms in total. The molecule has 0 radical (unpaired) electrons. The van der Waals surface area contributed by atoms with Crippen molar-refractivity contribution in [2.24, 2.45) is 0 Å². The van der Waals surface area contributed by atoms with Crippen molar-refractivity contribution < 1.29 is 13.6 Å². The van der Waals surface area contributed by atoms with Gasteiger partial charge in [-0.2, -0.15) is 0 Å². The number of aromatic nitrogens is 1. The molecule has 0 saturated carbocycles. The maximum Gasteiger partial charge on any atom is 0.198 e. The molecule has 0 aliphatic rings. The third kappa shape index (κ3) is 2.07. The molecular formula is C16H12F2N2O. The fraction of sp³-hybridized carbons (Fsp3) is 0.0625. The quantitative estimate of drug-likeness (QED) is 0.559. The first kappa shape index (κ1) is 13.3. The Bertz CT molecular complexity index is 868. The highest BCUT2D eigenvalue weighted by atomic mass is 19.1. The first-order valence-electron chi connectivity index (χ1n) is 6.35. The molecule has 0 spiro atoms. The zero-order valence-electron chi connectivity index (χ0n) is 11.2. The van der Waals surface area contributed by atoms with Crippen LogP contribution >= 0.6 is 0 Å². The minimum atomic E-state index is -0.899. The average molecular weight is 286 g/mol. The van der Waals surface area contributed by atoms with E-state index in [0.717, 1.165) is 23.2 Å². The summed E-state index contributed by atoms with van der Waals surface area (Å²) in [6.07, 6.45) is 1.50. The van der Waals surface area contributed by atoms with Gasteiger partial charge in [0.05, 0.1) is 11.3 Å². The van der Waals surface area contributed by atoms with Gasteiger partial charge in [-0.15, -0.1) is 0 Å². The number of nitrogens with one attached hydrogen (secondary N) is 1. The van der Waals surface area contributed by atoms with Crippen molar-refractivity contribution in [3.63, 3.8) is 0 Å². The number of aryl methyl sites for hydroxylation is 1. The van der Waals surface area contributed by atoms with E-state index in [2.05, 4.69) is 4.98 Å². The molecule has 106 valence electrons. The predicted octanol–water partition coefficient (Wildman–Crippen LogP) is 3.57. The topological polar surface area (TPSA) is 58.9 Å². The molecule has 5 heteroatoms. The Kier molecular flexibility index (Phi) is 2.97. The van der Waals surface area contributed by atoms with Gasteiger partial charge >= 0.3 is 0 Å². The number of nitrogen functional groups attached to an aromatic ring is 1. The molecule has 0 atom stereocenters. The smallest absolute Gasteiger partial charge is 0.198 e. The van der Waals surface area contributed by atoms with Gasteiger partial charge in [0.1, 0.15) is 5.82 Å². The van der Waals surface area contributed by atoms with Crippen molar-refractivity contribution in [3.05, 3.63) is 64.9 Å². The second kappa shape index (κ2) is 4.70. The van der Waals surface area contributed by atoms with Crippen LogP contribution in [0.5, 0.6) is 0 Å². The number of halogens is 2. The molecule has 2 aromatic carbocycles. The SMILES string of the molecule is Cc1cccc2[nH]cc(C(=O)c3cc(F)cc(N)c3F)c12. The Morgan fingerprint density at radius 3 is 2.71 bits per heavy atom. The number of hydrogen-bond donors (Lipinski definition) is 2. The molecule has 0 fully saturated rings. The van der Waals surface area contributed by atoms with Gasteiger partial charge in [0, 0.05) is 22.7 Å². The number of benzene rings is 2. The fourth-order valence-corrected chi connectivity index (χ4v) is 2.47. The summed E-state index contributed by atoms with van der Waals surface area (Å²) in [5.74, 6) is -2.24. The molecule has 1 heterocycles. The lowest BCUT2D eigenvalue weighted by Gasteiger charge is -2.06. The zero-order valence-corrected chi connectivity index (χ0v) is 11.2. The molecule has 0 aliphatic carbocycles. The summed E-state index contributed by atoms with van der Waals surface area (Å²) in [6.45, 7) is 1.85. The van der Waals surface area contributed by atoms with Crippen LogP contribution < -0.4 is 5.73 Å². The van der Waals surface area contributed by atoms with Crippen LogP contribution in [0.1, 0.15) is 21.5 Å². The van der Waals surface area contributed by atoms with Crippen molar-refractivity contribution in [3.8, 4) is 0 Å². The first-order chi connectivity index (χ1) is 9.99. The Morgan fingerprint density at radius 2 is 1.95 bits per heavy atom. The van der Waals surface area contributed by atoms with Gasteiger partial charge in [0.15, 0.2) is 11.6 Å². The first-order valence-corrected chi connectivity index (χ1v) is 6.35. The van der Waals surface area contributed by atoms with Gasteiger partial charge in [-0.25, -0.2) is 8.78 Å². The number of nitrogens with two attached hydrogens (primary N) is 1. The van der Waals surface area contributed by atoms with E-state index in [1.165, 1.54) is 6.20 Å². The summed E-state index contributed by atoms with van der Waals surface area (Å²) in [7, 11) is 0. The maximum absolute atomic E-state index is 14.0. The van der Waals surface area contributed by atoms with Crippen LogP contribution in [0.2, 0.25) is 0 Å². The molecule has 0 amide bonds. The van der Waals surface area contributed by atoms with Crippen molar-refractivity contribution >= 4 is 22.4 Å². The van der Waals surface area contributed by atoms with Gasteiger partial charge in [-0.3, -0.25) is 4.79 Å². The summed E-state index contributed by atoms with van der Waals surface area (Å²) in [5.41, 5.74) is 6.58. The summed E-state index contributed by atoms with van der Waals surface area (Å²) < 4.78 is 27.4. The highest BCUT2D eigenvalue weighted by molar-refractivity contribution is 6.17. The Morgan fingerprint density at radius 1 is 1.19 bits per heavy atom. The normalized spacial score (nSPS) is 11.0. The van der Waals surface area contributed by atoms with E-state index in [1.807, 2.05) is 25.1 Å². The van der Waals surface area contributed by atoms with Crippen molar-refractivity contribution in [2.75, 3.05) is 5.73 Å². The number of anilines is 1. The second-order valence-electron chi connectivity index (χ2n) is 4.89. The highest BCUT2D eigenvalue weighted by Gasteiger charge is 2.21. The van der Waals surface area contributed by atoms with Crippen LogP contribution in [-0.4, -0.2) is 10.8 Å². The number of carbonyl (C=O) groups is 1. The van der Waals surface area contributed by atoms with Crippen molar-refractivity contribution in [1.82, 2.24) is 4.98 Å². The lowest BCUT2D eigenvalue weighted by Crippen LogP contribution is -2.07. The molecule has 3 N–H and O–H groups in total. The van der Waals surface area contributed by atoms with Gasteiger partial charge < -0.3 is 10.7 Å². The minimum absolute atomic E-state index is 0.298. The van der Waals surface area contributed by atoms with Gasteiger partial charge in [-0.1, -0.05) is 12.1 Å². The van der Waals surface area contributed by atoms with Crippen LogP contribution in [0, 0.1) is 18.6 Å². The molecule has 0 unspecified atom stereocenters. The lowest BCUT2D eigenvalue weighted by atomic mass is 9.99. The summed E-state index contributed by atoms with van der Waals surface area (Å²) in [4.78, 5) is 15.5. The van der Waals surface area contributed by atoms with Crippen LogP contribution in [0.4, 0.5) is 14.5 Å². The van der Waals surface area contributed by atoms with Gasteiger partial charge in [0.2, 0.25) is 0 Å². The van der Waals surface area contributed by atoms with E-state index >= 15 is 0 Å². The number of H-pyrrole nitrogens is 1. The molecule has 0 bridgehead atoms. The molecule has 3 aromatic rings. The molecule has 0 aliphatic heterocycles. The fourth-order valence-electron chi connectivity index (χ4n) is 2.47. The van der Waals surface area contributed by atoms with Gasteiger partial charge in [0.25, 0.3) is 0 Å². The Balaban J connectivity index is 2.22. The van der Waals surface area contributed by atoms with E-state index in [1.54, 1.807) is 0 Å². The van der Waals surface area contributed by atoms with Crippen LogP contribution in [-0.2, 0) is 0 Å². The zero-order chi connectivity index (χ0) is 15.1. The Hall–Kier alpha value is -2.69. The third-order valence-corrected chi connectivity index (χ3v) is 3.47. The lowest BCUT2D eigenvalue weighted by molar-refractivity contribution is 0.103. The van der Waals surface area contributed by atoms with Gasteiger partial charge in [-0.05, 0) is 30.7 Å². The van der Waals surface area contributed by atoms with Crippen molar-refractivity contribution in [2.45, 2.75) is 6.92 Å². The average Bonchev–Trinajstić information content (AvgIpc) is 2.87. The van der Waals surface area contributed by atoms with E-state index in [4.69, 9.17) is 5.73 Å². The second-order valence-corrected chi connectivity index (χ2v) is 4.89.